The smallest absolute Gasteiger partial charge is 0.114 e. The highest BCUT2D eigenvalue weighted by atomic mass is 32.1. The molecule has 1 aliphatic rings. The van der Waals surface area contributed by atoms with Crippen molar-refractivity contribution in [2.45, 2.75) is 65.8 Å². The third-order valence-electron chi connectivity index (χ3n) is 4.63. The molecule has 1 fully saturated rings. The van der Waals surface area contributed by atoms with E-state index < -0.39 is 0 Å². The molecule has 0 bridgehead atoms. The largest absolute Gasteiger partial charge is 0.305 e. The van der Waals surface area contributed by atoms with Gasteiger partial charge in [-0.15, -0.1) is 11.3 Å². The fourth-order valence-electron chi connectivity index (χ4n) is 3.27. The summed E-state index contributed by atoms with van der Waals surface area (Å²) >= 11 is 1.89. The first-order chi connectivity index (χ1) is 8.43. The molecule has 3 heteroatoms. The molecular formula is C15H26N2S. The van der Waals surface area contributed by atoms with Crippen LogP contribution < -0.4 is 5.32 Å². The van der Waals surface area contributed by atoms with Gasteiger partial charge in [0.05, 0.1) is 11.2 Å². The molecule has 1 saturated carbocycles. The van der Waals surface area contributed by atoms with Crippen molar-refractivity contribution < 1.29 is 0 Å². The van der Waals surface area contributed by atoms with E-state index in [1.165, 1.54) is 41.3 Å². The minimum atomic E-state index is 0.0870. The zero-order chi connectivity index (χ0) is 13.4. The Morgan fingerprint density at radius 3 is 2.39 bits per heavy atom. The van der Waals surface area contributed by atoms with Crippen LogP contribution in [0.2, 0.25) is 0 Å². The van der Waals surface area contributed by atoms with Gasteiger partial charge in [0.15, 0.2) is 0 Å². The van der Waals surface area contributed by atoms with Gasteiger partial charge in [-0.2, -0.15) is 0 Å². The second-order valence-electron chi connectivity index (χ2n) is 6.19. The van der Waals surface area contributed by atoms with Gasteiger partial charge in [-0.05, 0) is 38.6 Å². The predicted octanol–water partition coefficient (Wildman–Crippen LogP) is 4.16. The number of nitrogens with zero attached hydrogens (tertiary/aromatic N) is 1. The molecule has 1 aliphatic carbocycles. The first kappa shape index (κ1) is 14.0. The third-order valence-corrected chi connectivity index (χ3v) is 5.87. The van der Waals surface area contributed by atoms with Crippen LogP contribution in [0.5, 0.6) is 0 Å². The Balaban J connectivity index is 2.48. The van der Waals surface area contributed by atoms with E-state index in [1.54, 1.807) is 0 Å². The lowest BCUT2D eigenvalue weighted by Gasteiger charge is -2.49. The van der Waals surface area contributed by atoms with E-state index in [1.807, 2.05) is 11.3 Å². The van der Waals surface area contributed by atoms with Crippen molar-refractivity contribution in [2.75, 3.05) is 6.54 Å². The first-order valence-corrected chi connectivity index (χ1v) is 7.94. The number of rotatable bonds is 3. The topological polar surface area (TPSA) is 24.9 Å². The summed E-state index contributed by atoms with van der Waals surface area (Å²) in [5.41, 5.74) is 1.58. The Kier molecular flexibility index (Phi) is 3.84. The fourth-order valence-corrected chi connectivity index (χ4v) is 4.56. The van der Waals surface area contributed by atoms with Crippen molar-refractivity contribution in [2.24, 2.45) is 5.41 Å². The van der Waals surface area contributed by atoms with E-state index in [4.69, 9.17) is 4.98 Å². The van der Waals surface area contributed by atoms with Crippen LogP contribution >= 0.6 is 11.3 Å². The number of hydrogen-bond donors (Lipinski definition) is 1. The third kappa shape index (κ3) is 2.12. The Morgan fingerprint density at radius 2 is 1.89 bits per heavy atom. The average molecular weight is 266 g/mol. The summed E-state index contributed by atoms with van der Waals surface area (Å²) in [5, 5.41) is 5.10. The Bertz CT molecular complexity index is 399. The summed E-state index contributed by atoms with van der Waals surface area (Å²) in [6.07, 6.45) is 5.18. The van der Waals surface area contributed by atoms with Crippen molar-refractivity contribution in [3.8, 4) is 0 Å². The molecule has 1 unspecified atom stereocenters. The quantitative estimate of drug-likeness (QED) is 0.888. The lowest BCUT2D eigenvalue weighted by atomic mass is 9.63. The number of aryl methyl sites for hydroxylation is 2. The highest BCUT2D eigenvalue weighted by molar-refractivity contribution is 7.11. The number of aromatic nitrogens is 1. The highest BCUT2D eigenvalue weighted by Crippen LogP contribution is 2.51. The summed E-state index contributed by atoms with van der Waals surface area (Å²) in [7, 11) is 0. The summed E-state index contributed by atoms with van der Waals surface area (Å²) in [4.78, 5) is 6.24. The van der Waals surface area contributed by atoms with Gasteiger partial charge >= 0.3 is 0 Å². The van der Waals surface area contributed by atoms with Crippen molar-refractivity contribution in [3.05, 3.63) is 15.6 Å². The van der Waals surface area contributed by atoms with Gasteiger partial charge in [0.25, 0.3) is 0 Å². The number of thiazole rings is 1. The lowest BCUT2D eigenvalue weighted by Crippen LogP contribution is -2.55. The van der Waals surface area contributed by atoms with Gasteiger partial charge in [0.2, 0.25) is 0 Å². The molecule has 1 N–H and O–H groups in total. The first-order valence-electron chi connectivity index (χ1n) is 7.12. The highest BCUT2D eigenvalue weighted by Gasteiger charge is 2.49. The number of hydrogen-bond acceptors (Lipinski definition) is 3. The number of nitrogens with one attached hydrogen (secondary N) is 1. The van der Waals surface area contributed by atoms with E-state index in [0.29, 0.717) is 0 Å². The minimum Gasteiger partial charge on any atom is -0.305 e. The van der Waals surface area contributed by atoms with Crippen LogP contribution in [-0.2, 0) is 5.54 Å². The van der Waals surface area contributed by atoms with E-state index in [0.717, 1.165) is 6.54 Å². The van der Waals surface area contributed by atoms with E-state index in [-0.39, 0.29) is 11.0 Å². The van der Waals surface area contributed by atoms with Crippen LogP contribution in [0.3, 0.4) is 0 Å². The molecule has 1 heterocycles. The molecule has 0 amide bonds. The molecule has 0 radical (unpaired) electrons. The summed E-state index contributed by atoms with van der Waals surface area (Å²) in [6.45, 7) is 12.3. The van der Waals surface area contributed by atoms with Gasteiger partial charge in [-0.25, -0.2) is 4.98 Å². The van der Waals surface area contributed by atoms with E-state index >= 15 is 0 Å². The predicted molar refractivity (Wildman–Crippen MR) is 79.2 cm³/mol. The van der Waals surface area contributed by atoms with Gasteiger partial charge in [-0.3, -0.25) is 0 Å². The van der Waals surface area contributed by atoms with Crippen LogP contribution in [0.25, 0.3) is 0 Å². The maximum Gasteiger partial charge on any atom is 0.114 e. The maximum absolute atomic E-state index is 4.88. The van der Waals surface area contributed by atoms with Crippen LogP contribution in [0, 0.1) is 19.3 Å². The van der Waals surface area contributed by atoms with Gasteiger partial charge in [-0.1, -0.05) is 33.6 Å². The van der Waals surface area contributed by atoms with Crippen LogP contribution in [-0.4, -0.2) is 11.5 Å². The van der Waals surface area contributed by atoms with Crippen molar-refractivity contribution in [1.29, 1.82) is 0 Å². The van der Waals surface area contributed by atoms with Crippen LogP contribution in [0.1, 0.15) is 62.0 Å². The molecule has 1 aromatic rings. The van der Waals surface area contributed by atoms with Gasteiger partial charge in [0.1, 0.15) is 5.01 Å². The summed E-state index contributed by atoms with van der Waals surface area (Å²) < 4.78 is 0. The van der Waals surface area contributed by atoms with E-state index in [2.05, 4.69) is 39.9 Å². The van der Waals surface area contributed by atoms with Crippen molar-refractivity contribution in [3.63, 3.8) is 0 Å². The molecule has 0 aromatic carbocycles. The van der Waals surface area contributed by atoms with E-state index in [9.17, 15) is 0 Å². The fraction of sp³-hybridized carbons (Fsp3) is 0.800. The molecule has 1 aromatic heterocycles. The second-order valence-corrected chi connectivity index (χ2v) is 7.39. The molecule has 2 nitrogen and oxygen atoms in total. The van der Waals surface area contributed by atoms with Crippen LogP contribution in [0.4, 0.5) is 0 Å². The summed E-state index contributed by atoms with van der Waals surface area (Å²) in [5.74, 6) is 0. The van der Waals surface area contributed by atoms with Crippen LogP contribution in [0.15, 0.2) is 0 Å². The molecule has 0 spiro atoms. The zero-order valence-corrected chi connectivity index (χ0v) is 13.2. The Labute approximate surface area is 115 Å². The molecular weight excluding hydrogens is 240 g/mol. The molecule has 0 saturated heterocycles. The molecule has 18 heavy (non-hydrogen) atoms. The lowest BCUT2D eigenvalue weighted by molar-refractivity contribution is 0.0607. The monoisotopic (exact) mass is 266 g/mol. The SMILES string of the molecule is CCNC1(c2nc(C)c(C)s2)CCCCC1(C)C. The molecule has 102 valence electrons. The molecule has 2 rings (SSSR count). The Morgan fingerprint density at radius 1 is 1.22 bits per heavy atom. The second kappa shape index (κ2) is 4.93. The minimum absolute atomic E-state index is 0.0870. The normalized spacial score (nSPS) is 27.4. The Hall–Kier alpha value is -0.410. The maximum atomic E-state index is 4.88. The summed E-state index contributed by atoms with van der Waals surface area (Å²) in [6, 6.07) is 0. The molecule has 0 aliphatic heterocycles. The van der Waals surface area contributed by atoms with Gasteiger partial charge < -0.3 is 5.32 Å². The van der Waals surface area contributed by atoms with Crippen molar-refractivity contribution >= 4 is 11.3 Å². The standard InChI is InChI=1S/C15H26N2S/c1-6-16-15(10-8-7-9-14(15,4)5)13-17-11(2)12(3)18-13/h16H,6-10H2,1-5H3. The zero-order valence-electron chi connectivity index (χ0n) is 12.4. The van der Waals surface area contributed by atoms with Gasteiger partial charge in [0, 0.05) is 4.88 Å². The van der Waals surface area contributed by atoms with Crippen molar-refractivity contribution in [1.82, 2.24) is 10.3 Å². The average Bonchev–Trinajstić information content (AvgIpc) is 2.63. The molecule has 1 atom stereocenters.